The Balaban J connectivity index is 2.23. The molecule has 5 nitrogen and oxygen atoms in total. The number of nitrogens with zero attached hydrogens (tertiary/aromatic N) is 2. The van der Waals surface area contributed by atoms with Gasteiger partial charge in [0.15, 0.2) is 5.43 Å². The Labute approximate surface area is 97.3 Å². The largest absolute Gasteiger partial charge is 0.388 e. The summed E-state index contributed by atoms with van der Waals surface area (Å²) < 4.78 is 7.12. The predicted molar refractivity (Wildman–Crippen MR) is 61.9 cm³/mol. The minimum atomic E-state index is -0.533. The molecule has 0 aromatic carbocycles. The number of aliphatic hydroxyl groups is 1. The van der Waals surface area contributed by atoms with Crippen LogP contribution in [-0.4, -0.2) is 34.0 Å². The van der Waals surface area contributed by atoms with Gasteiger partial charge in [0.25, 0.3) is 0 Å². The van der Waals surface area contributed by atoms with Gasteiger partial charge in [-0.2, -0.15) is 0 Å². The molecule has 3 heterocycles. The summed E-state index contributed by atoms with van der Waals surface area (Å²) >= 11 is 0. The molecule has 2 aromatic heterocycles. The van der Waals surface area contributed by atoms with E-state index >= 15 is 0 Å². The molecule has 17 heavy (non-hydrogen) atoms. The van der Waals surface area contributed by atoms with E-state index in [-0.39, 0.29) is 11.5 Å². The predicted octanol–water partition coefficient (Wildman–Crippen LogP) is 0.329. The van der Waals surface area contributed by atoms with Gasteiger partial charge in [-0.3, -0.25) is 9.78 Å². The first-order valence-electron chi connectivity index (χ1n) is 5.48. The van der Waals surface area contributed by atoms with Gasteiger partial charge in [0, 0.05) is 24.7 Å². The van der Waals surface area contributed by atoms with E-state index in [1.807, 2.05) is 4.57 Å². The van der Waals surface area contributed by atoms with Gasteiger partial charge in [-0.25, -0.2) is 0 Å². The zero-order valence-corrected chi connectivity index (χ0v) is 9.11. The summed E-state index contributed by atoms with van der Waals surface area (Å²) in [6.45, 7) is 0.796. The number of ether oxygens (including phenoxy) is 1. The van der Waals surface area contributed by atoms with E-state index in [9.17, 15) is 9.90 Å². The van der Waals surface area contributed by atoms with Crippen molar-refractivity contribution >= 4 is 10.9 Å². The third-order valence-corrected chi connectivity index (χ3v) is 3.11. The molecule has 88 valence electrons. The van der Waals surface area contributed by atoms with Gasteiger partial charge in [-0.15, -0.1) is 0 Å². The lowest BCUT2D eigenvalue weighted by molar-refractivity contribution is 0.120. The van der Waals surface area contributed by atoms with Crippen LogP contribution in [0, 0.1) is 0 Å². The molecule has 1 saturated heterocycles. The summed E-state index contributed by atoms with van der Waals surface area (Å²) in [5, 5.41) is 10.4. The van der Waals surface area contributed by atoms with Crippen LogP contribution in [0.4, 0.5) is 0 Å². The summed E-state index contributed by atoms with van der Waals surface area (Å²) in [5.41, 5.74) is 0.722. The first-order chi connectivity index (χ1) is 8.27. The minimum Gasteiger partial charge on any atom is -0.388 e. The van der Waals surface area contributed by atoms with Gasteiger partial charge in [-0.1, -0.05) is 0 Å². The molecule has 0 radical (unpaired) electrons. The quantitative estimate of drug-likeness (QED) is 0.769. The van der Waals surface area contributed by atoms with Gasteiger partial charge < -0.3 is 14.4 Å². The van der Waals surface area contributed by atoms with E-state index in [0.29, 0.717) is 18.6 Å². The molecule has 1 aliphatic heterocycles. The molecule has 0 amide bonds. The summed E-state index contributed by atoms with van der Waals surface area (Å²) in [6, 6.07) is 3.14. The van der Waals surface area contributed by atoms with Crippen LogP contribution in [0.15, 0.2) is 35.5 Å². The van der Waals surface area contributed by atoms with Gasteiger partial charge in [-0.05, 0) is 6.07 Å². The van der Waals surface area contributed by atoms with Crippen LogP contribution < -0.4 is 5.43 Å². The van der Waals surface area contributed by atoms with Crippen LogP contribution in [0.25, 0.3) is 10.9 Å². The zero-order chi connectivity index (χ0) is 11.8. The molecule has 1 aliphatic rings. The standard InChI is InChI=1S/C12H12N2O3/c15-11-2-4-14(10-6-17-7-12(10)16)9-1-3-13-5-8(9)11/h1-5,10,12,16H,6-7H2/t10-,12-/m1/s1. The molecule has 0 unspecified atom stereocenters. The topological polar surface area (TPSA) is 64.3 Å². The Morgan fingerprint density at radius 3 is 3.06 bits per heavy atom. The monoisotopic (exact) mass is 232 g/mol. The first-order valence-corrected chi connectivity index (χ1v) is 5.48. The molecule has 2 aromatic rings. The van der Waals surface area contributed by atoms with E-state index < -0.39 is 6.10 Å². The third kappa shape index (κ3) is 1.64. The summed E-state index contributed by atoms with van der Waals surface area (Å²) in [6.07, 6.45) is 4.36. The second kappa shape index (κ2) is 3.94. The van der Waals surface area contributed by atoms with E-state index in [2.05, 4.69) is 4.98 Å². The van der Waals surface area contributed by atoms with E-state index in [0.717, 1.165) is 5.52 Å². The van der Waals surface area contributed by atoms with Crippen LogP contribution in [0.5, 0.6) is 0 Å². The molecular weight excluding hydrogens is 220 g/mol. The lowest BCUT2D eigenvalue weighted by atomic mass is 10.1. The Bertz CT molecular complexity index is 608. The fraction of sp³-hybridized carbons (Fsp3) is 0.333. The molecule has 0 aliphatic carbocycles. The fourth-order valence-corrected chi connectivity index (χ4v) is 2.21. The molecule has 1 N–H and O–H groups in total. The van der Waals surface area contributed by atoms with Crippen molar-refractivity contribution in [2.75, 3.05) is 13.2 Å². The average molecular weight is 232 g/mol. The normalized spacial score (nSPS) is 24.3. The maximum Gasteiger partial charge on any atom is 0.190 e. The highest BCUT2D eigenvalue weighted by molar-refractivity contribution is 5.77. The van der Waals surface area contributed by atoms with E-state index in [4.69, 9.17) is 4.74 Å². The van der Waals surface area contributed by atoms with Crippen LogP contribution in [0.3, 0.4) is 0 Å². The number of fused-ring (bicyclic) bond motifs is 1. The second-order valence-corrected chi connectivity index (χ2v) is 4.15. The Hall–Kier alpha value is -1.72. The Morgan fingerprint density at radius 1 is 1.41 bits per heavy atom. The van der Waals surface area contributed by atoms with Gasteiger partial charge >= 0.3 is 0 Å². The van der Waals surface area contributed by atoms with Crippen molar-refractivity contribution in [3.8, 4) is 0 Å². The maximum atomic E-state index is 11.7. The van der Waals surface area contributed by atoms with Crippen molar-refractivity contribution in [2.24, 2.45) is 0 Å². The van der Waals surface area contributed by atoms with Crippen LogP contribution >= 0.6 is 0 Å². The summed E-state index contributed by atoms with van der Waals surface area (Å²) in [7, 11) is 0. The number of rotatable bonds is 1. The highest BCUT2D eigenvalue weighted by Crippen LogP contribution is 2.22. The molecule has 3 rings (SSSR count). The number of hydrogen-bond donors (Lipinski definition) is 1. The smallest absolute Gasteiger partial charge is 0.190 e. The maximum absolute atomic E-state index is 11.7. The molecule has 0 spiro atoms. The van der Waals surface area contributed by atoms with Crippen LogP contribution in [0.1, 0.15) is 6.04 Å². The first kappa shape index (κ1) is 10.4. The Morgan fingerprint density at radius 2 is 2.29 bits per heavy atom. The fourth-order valence-electron chi connectivity index (χ4n) is 2.21. The van der Waals surface area contributed by atoms with Crippen molar-refractivity contribution in [3.63, 3.8) is 0 Å². The lowest BCUT2D eigenvalue weighted by Gasteiger charge is -2.19. The number of aliphatic hydroxyl groups excluding tert-OH is 1. The van der Waals surface area contributed by atoms with Crippen molar-refractivity contribution in [3.05, 3.63) is 40.9 Å². The van der Waals surface area contributed by atoms with Crippen LogP contribution in [-0.2, 0) is 4.74 Å². The second-order valence-electron chi connectivity index (χ2n) is 4.15. The van der Waals surface area contributed by atoms with Crippen LogP contribution in [0.2, 0.25) is 0 Å². The third-order valence-electron chi connectivity index (χ3n) is 3.11. The van der Waals surface area contributed by atoms with Crippen molar-refractivity contribution < 1.29 is 9.84 Å². The van der Waals surface area contributed by atoms with Gasteiger partial charge in [0.1, 0.15) is 6.10 Å². The van der Waals surface area contributed by atoms with E-state index in [1.54, 1.807) is 24.7 Å². The summed E-state index contributed by atoms with van der Waals surface area (Å²) in [5.74, 6) is 0. The minimum absolute atomic E-state index is 0.0576. The highest BCUT2D eigenvalue weighted by Gasteiger charge is 2.28. The number of hydrogen-bond acceptors (Lipinski definition) is 4. The summed E-state index contributed by atoms with van der Waals surface area (Å²) in [4.78, 5) is 15.6. The highest BCUT2D eigenvalue weighted by atomic mass is 16.5. The SMILES string of the molecule is O=c1ccn([C@@H]2COC[C@H]2O)c2ccncc12. The number of pyridine rings is 2. The zero-order valence-electron chi connectivity index (χ0n) is 9.11. The van der Waals surface area contributed by atoms with Gasteiger partial charge in [0.05, 0.1) is 30.2 Å². The molecule has 0 saturated carbocycles. The molecular formula is C12H12N2O3. The molecule has 0 bridgehead atoms. The van der Waals surface area contributed by atoms with Crippen molar-refractivity contribution in [2.45, 2.75) is 12.1 Å². The average Bonchev–Trinajstić information content (AvgIpc) is 2.77. The van der Waals surface area contributed by atoms with Crippen molar-refractivity contribution in [1.82, 2.24) is 9.55 Å². The molecule has 1 fully saturated rings. The molecule has 2 atom stereocenters. The molecule has 5 heteroatoms. The van der Waals surface area contributed by atoms with E-state index in [1.165, 1.54) is 6.07 Å². The van der Waals surface area contributed by atoms with Gasteiger partial charge in [0.2, 0.25) is 0 Å². The Kier molecular flexibility index (Phi) is 2.42. The lowest BCUT2D eigenvalue weighted by Crippen LogP contribution is -2.23. The number of aromatic nitrogens is 2. The van der Waals surface area contributed by atoms with Crippen molar-refractivity contribution in [1.29, 1.82) is 0 Å².